The fourth-order valence-corrected chi connectivity index (χ4v) is 1.71. The number of benzene rings is 1. The van der Waals surface area contributed by atoms with Crippen LogP contribution in [0.5, 0.6) is 5.75 Å². The molecule has 0 unspecified atom stereocenters. The Hall–Kier alpha value is -2.25. The number of rotatable bonds is 6. The normalized spacial score (nSPS) is 12.4. The predicted octanol–water partition coefficient (Wildman–Crippen LogP) is 2.07. The van der Waals surface area contributed by atoms with Gasteiger partial charge in [0.2, 0.25) is 5.91 Å². The molecular weight excluding hydrogens is 313 g/mol. The largest absolute Gasteiger partial charge is 0.480 e. The Morgan fingerprint density at radius 1 is 1.26 bits per heavy atom. The topological polar surface area (TPSA) is 58.6 Å². The minimum atomic E-state index is -4.56. The molecule has 0 saturated heterocycles. The molecule has 0 aromatic heterocycles. The van der Waals surface area contributed by atoms with E-state index in [2.05, 4.69) is 5.32 Å². The minimum Gasteiger partial charge on any atom is -0.480 e. The van der Waals surface area contributed by atoms with Crippen molar-refractivity contribution in [3.05, 3.63) is 29.8 Å². The zero-order valence-corrected chi connectivity index (χ0v) is 13.1. The van der Waals surface area contributed by atoms with Crippen molar-refractivity contribution in [1.29, 1.82) is 0 Å². The highest BCUT2D eigenvalue weighted by molar-refractivity contribution is 5.82. The van der Waals surface area contributed by atoms with Gasteiger partial charge in [0, 0.05) is 27.1 Å². The SMILES string of the molecule is C[C@H](Oc1ccccc1C(F)(F)F)C(=O)NCCC(=O)N(C)C. The third kappa shape index (κ3) is 5.80. The van der Waals surface area contributed by atoms with Gasteiger partial charge in [-0.25, -0.2) is 0 Å². The van der Waals surface area contributed by atoms with E-state index >= 15 is 0 Å². The van der Waals surface area contributed by atoms with E-state index in [1.54, 1.807) is 14.1 Å². The van der Waals surface area contributed by atoms with Crippen LogP contribution in [0.25, 0.3) is 0 Å². The highest BCUT2D eigenvalue weighted by atomic mass is 19.4. The first kappa shape index (κ1) is 18.8. The second kappa shape index (κ2) is 7.85. The Labute approximate surface area is 132 Å². The van der Waals surface area contributed by atoms with E-state index in [1.165, 1.54) is 24.0 Å². The summed E-state index contributed by atoms with van der Waals surface area (Å²) in [5, 5.41) is 2.45. The minimum absolute atomic E-state index is 0.0878. The molecule has 1 aromatic rings. The Kier molecular flexibility index (Phi) is 6.41. The molecule has 8 heteroatoms. The number of carbonyl (C=O) groups is 2. The molecule has 2 amide bonds. The van der Waals surface area contributed by atoms with E-state index in [0.29, 0.717) is 0 Å². The number of nitrogens with zero attached hydrogens (tertiary/aromatic N) is 1. The summed E-state index contributed by atoms with van der Waals surface area (Å²) >= 11 is 0. The Morgan fingerprint density at radius 3 is 2.43 bits per heavy atom. The predicted molar refractivity (Wildman–Crippen MR) is 77.9 cm³/mol. The highest BCUT2D eigenvalue weighted by Crippen LogP contribution is 2.36. The van der Waals surface area contributed by atoms with Crippen molar-refractivity contribution in [3.8, 4) is 5.75 Å². The van der Waals surface area contributed by atoms with Crippen LogP contribution in [-0.4, -0.2) is 43.5 Å². The van der Waals surface area contributed by atoms with E-state index < -0.39 is 29.5 Å². The number of ether oxygens (including phenoxy) is 1. The van der Waals surface area contributed by atoms with Crippen LogP contribution >= 0.6 is 0 Å². The maximum atomic E-state index is 12.8. The molecule has 1 atom stereocenters. The summed E-state index contributed by atoms with van der Waals surface area (Å²) in [6.07, 6.45) is -5.58. The molecule has 0 aliphatic carbocycles. The van der Waals surface area contributed by atoms with Crippen LogP contribution in [0.1, 0.15) is 18.9 Å². The number of nitrogens with one attached hydrogen (secondary N) is 1. The van der Waals surface area contributed by atoms with Crippen molar-refractivity contribution in [1.82, 2.24) is 10.2 Å². The molecule has 0 fully saturated rings. The molecule has 0 heterocycles. The number of alkyl halides is 3. The van der Waals surface area contributed by atoms with Gasteiger partial charge >= 0.3 is 6.18 Å². The summed E-state index contributed by atoms with van der Waals surface area (Å²) in [6.45, 7) is 1.43. The molecule has 0 aliphatic rings. The quantitative estimate of drug-likeness (QED) is 0.868. The molecule has 0 spiro atoms. The lowest BCUT2D eigenvalue weighted by molar-refractivity contribution is -0.140. The van der Waals surface area contributed by atoms with Crippen LogP contribution in [0.4, 0.5) is 13.2 Å². The summed E-state index contributed by atoms with van der Waals surface area (Å²) in [5.74, 6) is -1.16. The van der Waals surface area contributed by atoms with Crippen molar-refractivity contribution in [3.63, 3.8) is 0 Å². The molecule has 1 rings (SSSR count). The Bertz CT molecular complexity index is 559. The maximum Gasteiger partial charge on any atom is 0.419 e. The molecule has 0 aliphatic heterocycles. The Morgan fingerprint density at radius 2 is 1.87 bits per heavy atom. The Balaban J connectivity index is 2.61. The van der Waals surface area contributed by atoms with Crippen LogP contribution in [0.3, 0.4) is 0 Å². The van der Waals surface area contributed by atoms with Gasteiger partial charge in [-0.15, -0.1) is 0 Å². The monoisotopic (exact) mass is 332 g/mol. The molecule has 128 valence electrons. The van der Waals surface area contributed by atoms with Gasteiger partial charge in [-0.2, -0.15) is 13.2 Å². The van der Waals surface area contributed by atoms with Gasteiger partial charge in [-0.3, -0.25) is 9.59 Å². The molecular formula is C15H19F3N2O3. The average Bonchev–Trinajstić information content (AvgIpc) is 2.46. The number of halogens is 3. The fourth-order valence-electron chi connectivity index (χ4n) is 1.71. The van der Waals surface area contributed by atoms with Crippen molar-refractivity contribution >= 4 is 11.8 Å². The van der Waals surface area contributed by atoms with Gasteiger partial charge in [-0.1, -0.05) is 12.1 Å². The van der Waals surface area contributed by atoms with E-state index in [1.807, 2.05) is 0 Å². The second-order valence-corrected chi connectivity index (χ2v) is 5.08. The van der Waals surface area contributed by atoms with Crippen LogP contribution < -0.4 is 10.1 Å². The van der Waals surface area contributed by atoms with Crippen LogP contribution in [0.2, 0.25) is 0 Å². The lowest BCUT2D eigenvalue weighted by atomic mass is 10.2. The lowest BCUT2D eigenvalue weighted by Gasteiger charge is -2.18. The van der Waals surface area contributed by atoms with Gasteiger partial charge < -0.3 is 15.0 Å². The second-order valence-electron chi connectivity index (χ2n) is 5.08. The van der Waals surface area contributed by atoms with Gasteiger partial charge in [0.1, 0.15) is 5.75 Å². The van der Waals surface area contributed by atoms with E-state index in [4.69, 9.17) is 4.74 Å². The molecule has 1 N–H and O–H groups in total. The van der Waals surface area contributed by atoms with E-state index in [0.717, 1.165) is 12.1 Å². The number of carbonyl (C=O) groups excluding carboxylic acids is 2. The van der Waals surface area contributed by atoms with Crippen molar-refractivity contribution in [2.45, 2.75) is 25.6 Å². The first-order valence-corrected chi connectivity index (χ1v) is 6.93. The first-order valence-electron chi connectivity index (χ1n) is 6.93. The summed E-state index contributed by atoms with van der Waals surface area (Å²) in [6, 6.07) is 4.68. The number of amides is 2. The van der Waals surface area contributed by atoms with Gasteiger partial charge in [0.15, 0.2) is 6.10 Å². The summed E-state index contributed by atoms with van der Waals surface area (Å²) in [7, 11) is 3.17. The van der Waals surface area contributed by atoms with E-state index in [9.17, 15) is 22.8 Å². The van der Waals surface area contributed by atoms with E-state index in [-0.39, 0.29) is 18.9 Å². The van der Waals surface area contributed by atoms with Crippen LogP contribution in [-0.2, 0) is 15.8 Å². The molecule has 0 saturated carbocycles. The maximum absolute atomic E-state index is 12.8. The smallest absolute Gasteiger partial charge is 0.419 e. The van der Waals surface area contributed by atoms with Gasteiger partial charge in [0.25, 0.3) is 5.91 Å². The highest BCUT2D eigenvalue weighted by Gasteiger charge is 2.34. The molecule has 5 nitrogen and oxygen atoms in total. The first-order chi connectivity index (χ1) is 10.6. The third-order valence-electron chi connectivity index (χ3n) is 3.00. The summed E-state index contributed by atoms with van der Waals surface area (Å²) in [4.78, 5) is 24.6. The summed E-state index contributed by atoms with van der Waals surface area (Å²) in [5.41, 5.74) is -0.942. The standard InChI is InChI=1S/C15H19F3N2O3/c1-10(14(22)19-9-8-13(21)20(2)3)23-12-7-5-4-6-11(12)15(16,17)18/h4-7,10H,8-9H2,1-3H3,(H,19,22)/t10-/m0/s1. The zero-order chi connectivity index (χ0) is 17.6. The molecule has 1 aromatic carbocycles. The fraction of sp³-hybridized carbons (Fsp3) is 0.467. The van der Waals surface area contributed by atoms with Gasteiger partial charge in [0.05, 0.1) is 5.56 Å². The van der Waals surface area contributed by atoms with Crippen molar-refractivity contribution in [2.75, 3.05) is 20.6 Å². The number of hydrogen-bond acceptors (Lipinski definition) is 3. The summed E-state index contributed by atoms with van der Waals surface area (Å²) < 4.78 is 43.6. The molecule has 23 heavy (non-hydrogen) atoms. The van der Waals surface area contributed by atoms with Gasteiger partial charge in [-0.05, 0) is 19.1 Å². The van der Waals surface area contributed by atoms with Crippen molar-refractivity contribution in [2.24, 2.45) is 0 Å². The average molecular weight is 332 g/mol. The molecule has 0 bridgehead atoms. The third-order valence-corrected chi connectivity index (χ3v) is 3.00. The van der Waals surface area contributed by atoms with Crippen molar-refractivity contribution < 1.29 is 27.5 Å². The number of para-hydroxylation sites is 1. The molecule has 0 radical (unpaired) electrons. The van der Waals surface area contributed by atoms with Crippen LogP contribution in [0.15, 0.2) is 24.3 Å². The lowest BCUT2D eigenvalue weighted by Crippen LogP contribution is -2.38. The zero-order valence-electron chi connectivity index (χ0n) is 13.1. The van der Waals surface area contributed by atoms with Crippen LogP contribution in [0, 0.1) is 0 Å². The number of hydrogen-bond donors (Lipinski definition) is 1.